The number of aliphatic hydroxyl groups excluding tert-OH is 1. The first-order chi connectivity index (χ1) is 10.5. The van der Waals surface area contributed by atoms with Crippen LogP contribution in [-0.2, 0) is 17.6 Å². The van der Waals surface area contributed by atoms with Crippen molar-refractivity contribution in [2.24, 2.45) is 0 Å². The Hall–Kier alpha value is -1.30. The van der Waals surface area contributed by atoms with E-state index in [2.05, 4.69) is 10.6 Å². The molecule has 0 aliphatic heterocycles. The summed E-state index contributed by atoms with van der Waals surface area (Å²) >= 11 is 6.20. The number of aliphatic hydroxyl groups is 1. The van der Waals surface area contributed by atoms with E-state index in [0.717, 1.165) is 29.7 Å². The molecule has 3 N–H and O–H groups in total. The highest BCUT2D eigenvalue weighted by atomic mass is 35.5. The molecule has 0 heterocycles. The monoisotopic (exact) mass is 328 g/mol. The fraction of sp³-hybridized carbons (Fsp3) is 0.562. The van der Waals surface area contributed by atoms with Crippen molar-refractivity contribution in [2.75, 3.05) is 25.6 Å². The lowest BCUT2D eigenvalue weighted by Crippen LogP contribution is -2.32. The molecule has 5 nitrogen and oxygen atoms in total. The number of halogens is 1. The van der Waals surface area contributed by atoms with Crippen LogP contribution in [0.2, 0.25) is 5.02 Å². The lowest BCUT2D eigenvalue weighted by molar-refractivity contribution is 0.0599. The van der Waals surface area contributed by atoms with Gasteiger partial charge in [-0.25, -0.2) is 4.79 Å². The molecule has 22 heavy (non-hydrogen) atoms. The standard InChI is InChI=1S/C16H25ClN2O3/c1-4-11-6-7-14(17)13(5-2)15(11)19-16(21)18-9-8-12(20)10-22-3/h6-7,12,20H,4-5,8-10H2,1-3H3,(H2,18,19,21). The van der Waals surface area contributed by atoms with Crippen LogP contribution in [0.5, 0.6) is 0 Å². The number of ether oxygens (including phenoxy) is 1. The maximum absolute atomic E-state index is 12.0. The number of rotatable bonds is 8. The van der Waals surface area contributed by atoms with E-state index in [1.165, 1.54) is 7.11 Å². The number of anilines is 1. The van der Waals surface area contributed by atoms with Crippen LogP contribution in [0, 0.1) is 0 Å². The van der Waals surface area contributed by atoms with Crippen molar-refractivity contribution in [3.8, 4) is 0 Å². The normalized spacial score (nSPS) is 12.0. The molecule has 1 aromatic carbocycles. The Bertz CT molecular complexity index is 495. The zero-order chi connectivity index (χ0) is 16.5. The van der Waals surface area contributed by atoms with E-state index in [0.29, 0.717) is 18.0 Å². The van der Waals surface area contributed by atoms with Gasteiger partial charge in [-0.2, -0.15) is 0 Å². The molecule has 1 aromatic rings. The molecule has 0 spiro atoms. The number of hydrogen-bond donors (Lipinski definition) is 3. The van der Waals surface area contributed by atoms with E-state index >= 15 is 0 Å². The first-order valence-corrected chi connectivity index (χ1v) is 7.93. The molecule has 0 bridgehead atoms. The number of nitrogens with one attached hydrogen (secondary N) is 2. The molecule has 0 aliphatic rings. The van der Waals surface area contributed by atoms with Gasteiger partial charge in [-0.05, 0) is 36.5 Å². The second-order valence-corrected chi connectivity index (χ2v) is 5.45. The molecule has 0 radical (unpaired) electrons. The molecule has 0 aliphatic carbocycles. The predicted molar refractivity (Wildman–Crippen MR) is 89.7 cm³/mol. The van der Waals surface area contributed by atoms with Crippen molar-refractivity contribution in [3.05, 3.63) is 28.3 Å². The lowest BCUT2D eigenvalue weighted by Gasteiger charge is -2.17. The summed E-state index contributed by atoms with van der Waals surface area (Å²) in [6.07, 6.45) is 1.42. The molecule has 1 atom stereocenters. The van der Waals surface area contributed by atoms with E-state index in [1.807, 2.05) is 26.0 Å². The number of benzene rings is 1. The van der Waals surface area contributed by atoms with Gasteiger partial charge in [0.15, 0.2) is 0 Å². The van der Waals surface area contributed by atoms with Crippen LogP contribution >= 0.6 is 11.6 Å². The number of carbonyl (C=O) groups excluding carboxylic acids is 1. The van der Waals surface area contributed by atoms with Gasteiger partial charge in [0.1, 0.15) is 0 Å². The topological polar surface area (TPSA) is 70.6 Å². The fourth-order valence-corrected chi connectivity index (χ4v) is 2.54. The van der Waals surface area contributed by atoms with E-state index in [-0.39, 0.29) is 12.6 Å². The molecular formula is C16H25ClN2O3. The van der Waals surface area contributed by atoms with Gasteiger partial charge in [0, 0.05) is 18.7 Å². The summed E-state index contributed by atoms with van der Waals surface area (Å²) in [7, 11) is 1.53. The van der Waals surface area contributed by atoms with E-state index in [9.17, 15) is 9.90 Å². The zero-order valence-corrected chi connectivity index (χ0v) is 14.2. The maximum Gasteiger partial charge on any atom is 0.319 e. The Morgan fingerprint density at radius 2 is 2.09 bits per heavy atom. The van der Waals surface area contributed by atoms with Gasteiger partial charge in [-0.15, -0.1) is 0 Å². The lowest BCUT2D eigenvalue weighted by atomic mass is 10.0. The highest BCUT2D eigenvalue weighted by Gasteiger charge is 2.13. The third-order valence-corrected chi connectivity index (χ3v) is 3.79. The summed E-state index contributed by atoms with van der Waals surface area (Å²) in [6, 6.07) is 3.50. The van der Waals surface area contributed by atoms with Gasteiger partial charge in [0.05, 0.1) is 18.4 Å². The van der Waals surface area contributed by atoms with Crippen LogP contribution in [0.4, 0.5) is 10.5 Å². The summed E-state index contributed by atoms with van der Waals surface area (Å²) in [5.74, 6) is 0. The quantitative estimate of drug-likeness (QED) is 0.687. The van der Waals surface area contributed by atoms with E-state index in [1.54, 1.807) is 0 Å². The number of amides is 2. The number of carbonyl (C=O) groups is 1. The Kier molecular flexibility index (Phi) is 8.24. The molecule has 124 valence electrons. The molecule has 0 aromatic heterocycles. The Labute approximate surface area is 137 Å². The van der Waals surface area contributed by atoms with Crippen LogP contribution in [0.25, 0.3) is 0 Å². The highest BCUT2D eigenvalue weighted by molar-refractivity contribution is 6.31. The summed E-state index contributed by atoms with van der Waals surface area (Å²) in [5.41, 5.74) is 2.78. The predicted octanol–water partition coefficient (Wildman–Crippen LogP) is 2.98. The van der Waals surface area contributed by atoms with Gasteiger partial charge in [-0.3, -0.25) is 0 Å². The molecular weight excluding hydrogens is 304 g/mol. The SMILES string of the molecule is CCc1ccc(Cl)c(CC)c1NC(=O)NCCC(O)COC. The van der Waals surface area contributed by atoms with Gasteiger partial charge in [0.2, 0.25) is 0 Å². The van der Waals surface area contributed by atoms with Gasteiger partial charge in [0.25, 0.3) is 0 Å². The summed E-state index contributed by atoms with van der Waals surface area (Å²) in [6.45, 7) is 4.68. The van der Waals surface area contributed by atoms with Crippen LogP contribution < -0.4 is 10.6 Å². The zero-order valence-electron chi connectivity index (χ0n) is 13.4. The average Bonchev–Trinajstić information content (AvgIpc) is 2.48. The van der Waals surface area contributed by atoms with Gasteiger partial charge >= 0.3 is 6.03 Å². The third kappa shape index (κ3) is 5.48. The highest BCUT2D eigenvalue weighted by Crippen LogP contribution is 2.29. The molecule has 1 rings (SSSR count). The van der Waals surface area contributed by atoms with Gasteiger partial charge in [-0.1, -0.05) is 31.5 Å². The van der Waals surface area contributed by atoms with Gasteiger partial charge < -0.3 is 20.5 Å². The summed E-state index contributed by atoms with van der Waals surface area (Å²) < 4.78 is 4.84. The van der Waals surface area contributed by atoms with Crippen LogP contribution in [0.3, 0.4) is 0 Å². The third-order valence-electron chi connectivity index (χ3n) is 3.44. The van der Waals surface area contributed by atoms with Crippen LogP contribution in [0.15, 0.2) is 12.1 Å². The maximum atomic E-state index is 12.0. The van der Waals surface area contributed by atoms with Crippen molar-refractivity contribution in [3.63, 3.8) is 0 Å². The van der Waals surface area contributed by atoms with Crippen LogP contribution in [-0.4, -0.2) is 37.5 Å². The van der Waals surface area contributed by atoms with Crippen LogP contribution in [0.1, 0.15) is 31.4 Å². The largest absolute Gasteiger partial charge is 0.391 e. The van der Waals surface area contributed by atoms with E-state index in [4.69, 9.17) is 16.3 Å². The summed E-state index contributed by atoms with van der Waals surface area (Å²) in [4.78, 5) is 12.0. The Balaban J connectivity index is 2.66. The first kappa shape index (κ1) is 18.7. The summed E-state index contributed by atoms with van der Waals surface area (Å²) in [5, 5.41) is 15.8. The van der Waals surface area contributed by atoms with E-state index < -0.39 is 6.10 Å². The number of hydrogen-bond acceptors (Lipinski definition) is 3. The fourth-order valence-electron chi connectivity index (χ4n) is 2.25. The number of aryl methyl sites for hydroxylation is 1. The number of urea groups is 1. The van der Waals surface area contributed by atoms with Crippen molar-refractivity contribution < 1.29 is 14.6 Å². The minimum absolute atomic E-state index is 0.261. The minimum atomic E-state index is -0.575. The Morgan fingerprint density at radius 1 is 1.36 bits per heavy atom. The smallest absolute Gasteiger partial charge is 0.319 e. The first-order valence-electron chi connectivity index (χ1n) is 7.55. The second-order valence-electron chi connectivity index (χ2n) is 5.05. The van der Waals surface area contributed by atoms with Crippen molar-refractivity contribution in [2.45, 2.75) is 39.2 Å². The van der Waals surface area contributed by atoms with Crippen molar-refractivity contribution in [1.29, 1.82) is 0 Å². The van der Waals surface area contributed by atoms with Crippen molar-refractivity contribution >= 4 is 23.3 Å². The average molecular weight is 329 g/mol. The number of methoxy groups -OCH3 is 1. The minimum Gasteiger partial charge on any atom is -0.391 e. The van der Waals surface area contributed by atoms with Crippen molar-refractivity contribution in [1.82, 2.24) is 5.32 Å². The second kappa shape index (κ2) is 9.66. The Morgan fingerprint density at radius 3 is 2.68 bits per heavy atom. The molecule has 0 saturated carbocycles. The molecule has 2 amide bonds. The molecule has 0 fully saturated rings. The molecule has 1 unspecified atom stereocenters. The molecule has 6 heteroatoms. The molecule has 0 saturated heterocycles.